The van der Waals surface area contributed by atoms with E-state index in [-0.39, 0.29) is 17.4 Å². The average Bonchev–Trinajstić information content (AvgIpc) is 2.49. The Morgan fingerprint density at radius 3 is 2.47 bits per heavy atom. The number of hydrogen-bond donors (Lipinski definition) is 2. The van der Waals surface area contributed by atoms with E-state index < -0.39 is 9.84 Å². The molecule has 0 saturated carbocycles. The molecule has 1 aromatic heterocycles. The molecule has 1 aliphatic heterocycles. The molecule has 15 heavy (non-hydrogen) atoms. The molecular weight excluding hydrogens is 214 g/mol. The van der Waals surface area contributed by atoms with Gasteiger partial charge in [0.15, 0.2) is 0 Å². The van der Waals surface area contributed by atoms with Gasteiger partial charge >= 0.3 is 0 Å². The van der Waals surface area contributed by atoms with E-state index in [2.05, 4.69) is 10.2 Å². The number of hydrogen-bond acceptors (Lipinski definition) is 4. The van der Waals surface area contributed by atoms with Gasteiger partial charge in [0.2, 0.25) is 0 Å². The Bertz CT molecular complexity index is 450. The van der Waals surface area contributed by atoms with Crippen LogP contribution in [0.2, 0.25) is 0 Å². The van der Waals surface area contributed by atoms with E-state index in [1.807, 2.05) is 6.92 Å². The first kappa shape index (κ1) is 10.5. The number of nitrogen functional groups attached to an aromatic ring is 1. The highest BCUT2D eigenvalue weighted by Gasteiger charge is 2.27. The maximum absolute atomic E-state index is 11.3. The highest BCUT2D eigenvalue weighted by Crippen LogP contribution is 2.31. The van der Waals surface area contributed by atoms with Crippen LogP contribution in [0.5, 0.6) is 0 Å². The Labute approximate surface area is 89.0 Å². The van der Waals surface area contributed by atoms with Crippen LogP contribution < -0.4 is 5.73 Å². The topological polar surface area (TPSA) is 88.8 Å². The summed E-state index contributed by atoms with van der Waals surface area (Å²) in [5, 5.41) is 6.83. The van der Waals surface area contributed by atoms with Crippen LogP contribution in [0.3, 0.4) is 0 Å². The van der Waals surface area contributed by atoms with Gasteiger partial charge in [-0.15, -0.1) is 0 Å². The molecular formula is C9H15N3O2S. The summed E-state index contributed by atoms with van der Waals surface area (Å²) < 4.78 is 22.5. The molecule has 2 heterocycles. The molecule has 1 aliphatic rings. The molecule has 0 amide bonds. The van der Waals surface area contributed by atoms with Gasteiger partial charge in [-0.2, -0.15) is 5.10 Å². The molecule has 1 fully saturated rings. The summed E-state index contributed by atoms with van der Waals surface area (Å²) in [4.78, 5) is 0. The van der Waals surface area contributed by atoms with Crippen molar-refractivity contribution in [2.24, 2.45) is 0 Å². The average molecular weight is 229 g/mol. The normalized spacial score (nSPS) is 21.7. The predicted octanol–water partition coefficient (Wildman–Crippen LogP) is 0.593. The fourth-order valence-electron chi connectivity index (χ4n) is 2.00. The van der Waals surface area contributed by atoms with Crippen molar-refractivity contribution in [2.75, 3.05) is 17.2 Å². The van der Waals surface area contributed by atoms with Gasteiger partial charge in [-0.25, -0.2) is 8.42 Å². The van der Waals surface area contributed by atoms with E-state index in [9.17, 15) is 8.42 Å². The van der Waals surface area contributed by atoms with Crippen molar-refractivity contribution in [3.8, 4) is 0 Å². The van der Waals surface area contributed by atoms with Crippen LogP contribution in [0, 0.1) is 6.92 Å². The molecule has 6 heteroatoms. The fraction of sp³-hybridized carbons (Fsp3) is 0.667. The molecule has 84 valence electrons. The highest BCUT2D eigenvalue weighted by atomic mass is 32.2. The first-order chi connectivity index (χ1) is 6.99. The van der Waals surface area contributed by atoms with Crippen molar-refractivity contribution < 1.29 is 8.42 Å². The van der Waals surface area contributed by atoms with Crippen LogP contribution in [0.1, 0.15) is 30.0 Å². The van der Waals surface area contributed by atoms with Crippen LogP contribution in [0.4, 0.5) is 5.82 Å². The summed E-state index contributed by atoms with van der Waals surface area (Å²) in [6.45, 7) is 1.91. The second kappa shape index (κ2) is 3.52. The Morgan fingerprint density at radius 2 is 2.00 bits per heavy atom. The number of anilines is 1. The van der Waals surface area contributed by atoms with Crippen molar-refractivity contribution in [3.63, 3.8) is 0 Å². The summed E-state index contributed by atoms with van der Waals surface area (Å²) in [6.07, 6.45) is 1.34. The first-order valence-corrected chi connectivity index (χ1v) is 6.82. The van der Waals surface area contributed by atoms with E-state index in [4.69, 9.17) is 5.73 Å². The summed E-state index contributed by atoms with van der Waals surface area (Å²) in [7, 11) is -2.80. The maximum atomic E-state index is 11.3. The molecule has 0 aromatic carbocycles. The van der Waals surface area contributed by atoms with Gasteiger partial charge in [0.1, 0.15) is 15.7 Å². The number of nitrogens with one attached hydrogen (secondary N) is 1. The number of sulfone groups is 1. The summed E-state index contributed by atoms with van der Waals surface area (Å²) in [5.41, 5.74) is 7.60. The SMILES string of the molecule is Cc1c(N)n[nH]c1C1CCS(=O)(=O)CC1. The second-order valence-electron chi connectivity index (χ2n) is 4.07. The number of nitrogens with zero attached hydrogens (tertiary/aromatic N) is 1. The zero-order valence-corrected chi connectivity index (χ0v) is 9.47. The molecule has 1 aromatic rings. The Hall–Kier alpha value is -1.04. The number of rotatable bonds is 1. The van der Waals surface area contributed by atoms with Crippen molar-refractivity contribution in [2.45, 2.75) is 25.7 Å². The number of H-pyrrole nitrogens is 1. The van der Waals surface area contributed by atoms with Crippen molar-refractivity contribution in [1.29, 1.82) is 0 Å². The quantitative estimate of drug-likeness (QED) is 0.737. The van der Waals surface area contributed by atoms with E-state index in [1.165, 1.54) is 0 Å². The molecule has 0 bridgehead atoms. The molecule has 0 radical (unpaired) electrons. The Kier molecular flexibility index (Phi) is 2.46. The lowest BCUT2D eigenvalue weighted by molar-refractivity contribution is 0.543. The van der Waals surface area contributed by atoms with Crippen molar-refractivity contribution >= 4 is 15.7 Å². The summed E-state index contributed by atoms with van der Waals surface area (Å²) in [5.74, 6) is 1.32. The van der Waals surface area contributed by atoms with Gasteiger partial charge in [0.05, 0.1) is 11.5 Å². The lowest BCUT2D eigenvalue weighted by atomic mass is 9.96. The van der Waals surface area contributed by atoms with E-state index in [1.54, 1.807) is 0 Å². The monoisotopic (exact) mass is 229 g/mol. The minimum absolute atomic E-state index is 0.262. The van der Waals surface area contributed by atoms with Gasteiger partial charge in [0, 0.05) is 17.2 Å². The zero-order chi connectivity index (χ0) is 11.1. The van der Waals surface area contributed by atoms with Gasteiger partial charge in [0.25, 0.3) is 0 Å². The third kappa shape index (κ3) is 1.99. The van der Waals surface area contributed by atoms with Crippen molar-refractivity contribution in [3.05, 3.63) is 11.3 Å². The summed E-state index contributed by atoms with van der Waals surface area (Å²) in [6, 6.07) is 0. The van der Waals surface area contributed by atoms with Crippen LogP contribution in [0.15, 0.2) is 0 Å². The molecule has 3 N–H and O–H groups in total. The third-order valence-corrected chi connectivity index (χ3v) is 4.76. The van der Waals surface area contributed by atoms with Gasteiger partial charge in [-0.3, -0.25) is 5.10 Å². The van der Waals surface area contributed by atoms with E-state index >= 15 is 0 Å². The third-order valence-electron chi connectivity index (χ3n) is 3.05. The van der Waals surface area contributed by atoms with Crippen LogP contribution >= 0.6 is 0 Å². The second-order valence-corrected chi connectivity index (χ2v) is 6.38. The van der Waals surface area contributed by atoms with Gasteiger partial charge in [-0.05, 0) is 19.8 Å². The molecule has 5 nitrogen and oxygen atoms in total. The fourth-order valence-corrected chi connectivity index (χ4v) is 3.49. The van der Waals surface area contributed by atoms with Gasteiger partial charge in [-0.1, -0.05) is 0 Å². The molecule has 2 rings (SSSR count). The lowest BCUT2D eigenvalue weighted by Gasteiger charge is -2.21. The number of nitrogens with two attached hydrogens (primary N) is 1. The zero-order valence-electron chi connectivity index (χ0n) is 8.66. The van der Waals surface area contributed by atoms with Gasteiger partial charge < -0.3 is 5.73 Å². The molecule has 1 saturated heterocycles. The minimum atomic E-state index is -2.80. The summed E-state index contributed by atoms with van der Waals surface area (Å²) >= 11 is 0. The molecule has 0 spiro atoms. The lowest BCUT2D eigenvalue weighted by Crippen LogP contribution is -2.22. The smallest absolute Gasteiger partial charge is 0.150 e. The minimum Gasteiger partial charge on any atom is -0.382 e. The Balaban J connectivity index is 2.18. The number of aromatic amines is 1. The standard InChI is InChI=1S/C9H15N3O2S/c1-6-8(11-12-9(6)10)7-2-4-15(13,14)5-3-7/h7H,2-5H2,1H3,(H3,10,11,12). The van der Waals surface area contributed by atoms with E-state index in [0.717, 1.165) is 11.3 Å². The largest absolute Gasteiger partial charge is 0.382 e. The van der Waals surface area contributed by atoms with Crippen LogP contribution in [-0.4, -0.2) is 30.1 Å². The van der Waals surface area contributed by atoms with Crippen molar-refractivity contribution in [1.82, 2.24) is 10.2 Å². The molecule has 0 aliphatic carbocycles. The molecule has 0 atom stereocenters. The number of aromatic nitrogens is 2. The van der Waals surface area contributed by atoms with Crippen LogP contribution in [0.25, 0.3) is 0 Å². The van der Waals surface area contributed by atoms with E-state index in [0.29, 0.717) is 18.7 Å². The Morgan fingerprint density at radius 1 is 1.40 bits per heavy atom. The first-order valence-electron chi connectivity index (χ1n) is 5.00. The maximum Gasteiger partial charge on any atom is 0.150 e. The highest BCUT2D eigenvalue weighted by molar-refractivity contribution is 7.91. The molecule has 0 unspecified atom stereocenters. The predicted molar refractivity (Wildman–Crippen MR) is 58.4 cm³/mol. The van der Waals surface area contributed by atoms with Crippen LogP contribution in [-0.2, 0) is 9.84 Å².